The number of hydrogen-bond donors (Lipinski definition) is 0. The summed E-state index contributed by atoms with van der Waals surface area (Å²) < 4.78 is 44.1. The van der Waals surface area contributed by atoms with Gasteiger partial charge in [-0.15, -0.1) is 0 Å². The number of benzene rings is 2. The van der Waals surface area contributed by atoms with Crippen LogP contribution in [0.5, 0.6) is 0 Å². The highest BCUT2D eigenvalue weighted by molar-refractivity contribution is 7.93. The highest BCUT2D eigenvalue weighted by atomic mass is 32.2. The molecule has 144 valence electrons. The predicted molar refractivity (Wildman–Crippen MR) is 100 cm³/mol. The Hall–Kier alpha value is -2.21. The molecule has 4 nitrogen and oxygen atoms in total. The third kappa shape index (κ3) is 3.63. The molecular formula is C21H23FO4S. The zero-order chi connectivity index (χ0) is 19.7. The van der Waals surface area contributed by atoms with Crippen molar-refractivity contribution in [1.82, 2.24) is 0 Å². The van der Waals surface area contributed by atoms with Crippen molar-refractivity contribution in [1.29, 1.82) is 0 Å². The summed E-state index contributed by atoms with van der Waals surface area (Å²) in [6.07, 6.45) is 1.79. The second-order valence-corrected chi connectivity index (χ2v) is 9.41. The third-order valence-electron chi connectivity index (χ3n) is 5.19. The zero-order valence-corrected chi connectivity index (χ0v) is 16.3. The van der Waals surface area contributed by atoms with Gasteiger partial charge >= 0.3 is 5.97 Å². The Kier molecular flexibility index (Phi) is 5.38. The maximum atomic E-state index is 13.5. The summed E-state index contributed by atoms with van der Waals surface area (Å²) >= 11 is 0. The fourth-order valence-electron chi connectivity index (χ4n) is 3.64. The standard InChI is InChI=1S/C21H23FO4S/c1-15-8-9-16(2)19(12-15)27(24,25)21(10-3-4-11-21)20(23)26-14-17-6-5-7-18(22)13-17/h5-9,12-13H,3-4,10-11,14H2,1-2H3. The van der Waals surface area contributed by atoms with Crippen LogP contribution in [-0.4, -0.2) is 19.1 Å². The number of sulfone groups is 1. The molecule has 3 rings (SSSR count). The van der Waals surface area contributed by atoms with Crippen LogP contribution in [0.3, 0.4) is 0 Å². The van der Waals surface area contributed by atoms with Gasteiger partial charge in [0.05, 0.1) is 4.90 Å². The van der Waals surface area contributed by atoms with Gasteiger partial charge in [0, 0.05) is 0 Å². The van der Waals surface area contributed by atoms with Crippen molar-refractivity contribution in [3.63, 3.8) is 0 Å². The van der Waals surface area contributed by atoms with E-state index in [1.807, 2.05) is 13.0 Å². The van der Waals surface area contributed by atoms with Gasteiger partial charge in [-0.1, -0.05) is 37.1 Å². The number of rotatable bonds is 5. The molecule has 27 heavy (non-hydrogen) atoms. The number of ether oxygens (including phenoxy) is 1. The topological polar surface area (TPSA) is 60.4 Å². The normalized spacial score (nSPS) is 16.3. The lowest BCUT2D eigenvalue weighted by atomic mass is 10.1. The molecule has 1 aliphatic carbocycles. The summed E-state index contributed by atoms with van der Waals surface area (Å²) in [5, 5.41) is 0. The van der Waals surface area contributed by atoms with Gasteiger partial charge in [-0.05, 0) is 61.6 Å². The smallest absolute Gasteiger partial charge is 0.328 e. The fraction of sp³-hybridized carbons (Fsp3) is 0.381. The Balaban J connectivity index is 1.93. The number of aryl methyl sites for hydroxylation is 2. The van der Waals surface area contributed by atoms with E-state index in [1.165, 1.54) is 18.2 Å². The van der Waals surface area contributed by atoms with Gasteiger partial charge < -0.3 is 4.74 Å². The molecule has 0 aromatic heterocycles. The van der Waals surface area contributed by atoms with E-state index in [4.69, 9.17) is 4.74 Å². The Bertz CT molecular complexity index is 960. The van der Waals surface area contributed by atoms with Gasteiger partial charge in [-0.2, -0.15) is 0 Å². The fourth-order valence-corrected chi connectivity index (χ4v) is 6.00. The van der Waals surface area contributed by atoms with E-state index in [1.54, 1.807) is 25.1 Å². The molecular weight excluding hydrogens is 367 g/mol. The SMILES string of the molecule is Cc1ccc(C)c(S(=O)(=O)C2(C(=O)OCc3cccc(F)c3)CCCC2)c1. The van der Waals surface area contributed by atoms with Crippen molar-refractivity contribution in [3.8, 4) is 0 Å². The summed E-state index contributed by atoms with van der Waals surface area (Å²) in [5.41, 5.74) is 1.92. The largest absolute Gasteiger partial charge is 0.460 e. The lowest BCUT2D eigenvalue weighted by Crippen LogP contribution is -2.45. The van der Waals surface area contributed by atoms with E-state index >= 15 is 0 Å². The molecule has 0 N–H and O–H groups in total. The average molecular weight is 390 g/mol. The Morgan fingerprint density at radius 3 is 2.48 bits per heavy atom. The molecule has 0 unspecified atom stereocenters. The van der Waals surface area contributed by atoms with Gasteiger partial charge in [-0.25, -0.2) is 12.8 Å². The summed E-state index contributed by atoms with van der Waals surface area (Å²) in [7, 11) is -3.91. The molecule has 0 atom stereocenters. The molecule has 0 aliphatic heterocycles. The molecule has 2 aromatic rings. The summed E-state index contributed by atoms with van der Waals surface area (Å²) in [6, 6.07) is 10.9. The molecule has 0 bridgehead atoms. The molecule has 0 saturated heterocycles. The Labute approximate surface area is 159 Å². The monoisotopic (exact) mass is 390 g/mol. The van der Waals surface area contributed by atoms with E-state index < -0.39 is 26.4 Å². The van der Waals surface area contributed by atoms with Crippen molar-refractivity contribution in [2.75, 3.05) is 0 Å². The maximum Gasteiger partial charge on any atom is 0.328 e. The van der Waals surface area contributed by atoms with E-state index in [0.29, 0.717) is 24.0 Å². The highest BCUT2D eigenvalue weighted by Gasteiger charge is 2.54. The van der Waals surface area contributed by atoms with Crippen molar-refractivity contribution in [2.45, 2.75) is 55.8 Å². The van der Waals surface area contributed by atoms with E-state index in [0.717, 1.165) is 5.56 Å². The first-order chi connectivity index (χ1) is 12.8. The molecule has 1 aliphatic rings. The van der Waals surface area contributed by atoms with Gasteiger partial charge in [0.2, 0.25) is 0 Å². The van der Waals surface area contributed by atoms with Gasteiger partial charge in [0.15, 0.2) is 14.6 Å². The number of carbonyl (C=O) groups is 1. The first-order valence-corrected chi connectivity index (χ1v) is 10.5. The first kappa shape index (κ1) is 19.5. The van der Waals surface area contributed by atoms with E-state index in [2.05, 4.69) is 0 Å². The Morgan fingerprint density at radius 1 is 1.11 bits per heavy atom. The molecule has 1 fully saturated rings. The van der Waals surface area contributed by atoms with Crippen LogP contribution >= 0.6 is 0 Å². The molecule has 0 amide bonds. The van der Waals surface area contributed by atoms with Crippen molar-refractivity contribution in [2.24, 2.45) is 0 Å². The van der Waals surface area contributed by atoms with Crippen LogP contribution in [0, 0.1) is 19.7 Å². The van der Waals surface area contributed by atoms with Crippen LogP contribution in [0.15, 0.2) is 47.4 Å². The number of carbonyl (C=O) groups excluding carboxylic acids is 1. The molecule has 0 spiro atoms. The minimum absolute atomic E-state index is 0.152. The van der Waals surface area contributed by atoms with Crippen LogP contribution in [-0.2, 0) is 26.0 Å². The lowest BCUT2D eigenvalue weighted by Gasteiger charge is -2.27. The van der Waals surface area contributed by atoms with Crippen LogP contribution in [0.25, 0.3) is 0 Å². The maximum absolute atomic E-state index is 13.5. The van der Waals surface area contributed by atoms with Crippen molar-refractivity contribution in [3.05, 3.63) is 65.0 Å². The van der Waals surface area contributed by atoms with Crippen molar-refractivity contribution >= 4 is 15.8 Å². The lowest BCUT2D eigenvalue weighted by molar-refractivity contribution is -0.148. The highest BCUT2D eigenvalue weighted by Crippen LogP contribution is 2.42. The molecule has 6 heteroatoms. The van der Waals surface area contributed by atoms with Crippen LogP contribution in [0.4, 0.5) is 4.39 Å². The number of hydrogen-bond acceptors (Lipinski definition) is 4. The van der Waals surface area contributed by atoms with Crippen LogP contribution in [0.2, 0.25) is 0 Å². The quantitative estimate of drug-likeness (QED) is 0.715. The number of halogens is 1. The molecule has 0 radical (unpaired) electrons. The van der Waals surface area contributed by atoms with Gasteiger partial charge in [0.1, 0.15) is 12.4 Å². The second-order valence-electron chi connectivity index (χ2n) is 7.18. The predicted octanol–water partition coefficient (Wildman–Crippen LogP) is 4.27. The minimum Gasteiger partial charge on any atom is -0.460 e. The van der Waals surface area contributed by atoms with Crippen LogP contribution < -0.4 is 0 Å². The summed E-state index contributed by atoms with van der Waals surface area (Å²) in [4.78, 5) is 13.1. The minimum atomic E-state index is -3.91. The van der Waals surface area contributed by atoms with E-state index in [-0.39, 0.29) is 24.3 Å². The zero-order valence-electron chi connectivity index (χ0n) is 15.5. The first-order valence-electron chi connectivity index (χ1n) is 9.00. The number of esters is 1. The molecule has 2 aromatic carbocycles. The van der Waals surface area contributed by atoms with Crippen molar-refractivity contribution < 1.29 is 22.3 Å². The molecule has 1 saturated carbocycles. The van der Waals surface area contributed by atoms with Gasteiger partial charge in [-0.3, -0.25) is 4.79 Å². The average Bonchev–Trinajstić information content (AvgIpc) is 3.13. The summed E-state index contributed by atoms with van der Waals surface area (Å²) in [6.45, 7) is 3.40. The Morgan fingerprint density at radius 2 is 1.81 bits per heavy atom. The summed E-state index contributed by atoms with van der Waals surface area (Å²) in [5.74, 6) is -1.17. The van der Waals surface area contributed by atoms with E-state index in [9.17, 15) is 17.6 Å². The van der Waals surface area contributed by atoms with Gasteiger partial charge in [0.25, 0.3) is 0 Å². The molecule has 0 heterocycles. The van der Waals surface area contributed by atoms with Crippen LogP contribution in [0.1, 0.15) is 42.4 Å². The second kappa shape index (κ2) is 7.43. The third-order valence-corrected chi connectivity index (χ3v) is 7.81.